The van der Waals surface area contributed by atoms with Crippen LogP contribution in [0.25, 0.3) is 55.1 Å². The third-order valence-electron chi connectivity index (χ3n) is 6.57. The van der Waals surface area contributed by atoms with Gasteiger partial charge in [-0.2, -0.15) is 0 Å². The molecule has 0 bridgehead atoms. The second kappa shape index (κ2) is 7.13. The molecule has 0 saturated carbocycles. The SMILES string of the molecule is Cc1ccc2c(oc(=O)c3c(-c4c(CO)cnc(C)c4O)nc4c5ccccc5oc4c32)c1C. The predicted octanol–water partition coefficient (Wildman–Crippen LogP) is 5.43. The van der Waals surface area contributed by atoms with Crippen LogP contribution in [0.4, 0.5) is 0 Å². The Morgan fingerprint density at radius 2 is 1.74 bits per heavy atom. The van der Waals surface area contributed by atoms with Crippen molar-refractivity contribution in [3.63, 3.8) is 0 Å². The first-order valence-corrected chi connectivity index (χ1v) is 10.9. The molecule has 0 fully saturated rings. The molecule has 4 aromatic heterocycles. The topological polar surface area (TPSA) is 110 Å². The van der Waals surface area contributed by atoms with Crippen LogP contribution < -0.4 is 5.63 Å². The minimum atomic E-state index is -0.598. The van der Waals surface area contributed by atoms with Crippen LogP contribution in [0.3, 0.4) is 0 Å². The Morgan fingerprint density at radius 1 is 0.941 bits per heavy atom. The number of furan rings is 1. The highest BCUT2D eigenvalue weighted by Crippen LogP contribution is 2.43. The summed E-state index contributed by atoms with van der Waals surface area (Å²) in [6, 6.07) is 11.4. The average Bonchev–Trinajstić information content (AvgIpc) is 3.21. The van der Waals surface area contributed by atoms with Gasteiger partial charge in [-0.1, -0.05) is 24.3 Å². The lowest BCUT2D eigenvalue weighted by Crippen LogP contribution is -2.06. The van der Waals surface area contributed by atoms with Crippen molar-refractivity contribution in [1.29, 1.82) is 0 Å². The molecule has 34 heavy (non-hydrogen) atoms. The number of fused-ring (bicyclic) bond motifs is 7. The van der Waals surface area contributed by atoms with E-state index in [0.29, 0.717) is 44.3 Å². The fourth-order valence-electron chi connectivity index (χ4n) is 4.63. The predicted molar refractivity (Wildman–Crippen MR) is 130 cm³/mol. The van der Waals surface area contributed by atoms with Crippen molar-refractivity contribution in [3.8, 4) is 17.0 Å². The lowest BCUT2D eigenvalue weighted by molar-refractivity contribution is 0.281. The molecule has 0 aliphatic heterocycles. The van der Waals surface area contributed by atoms with E-state index in [1.165, 1.54) is 6.20 Å². The third kappa shape index (κ3) is 2.64. The van der Waals surface area contributed by atoms with Crippen LogP contribution in [0.5, 0.6) is 5.75 Å². The number of aliphatic hydroxyl groups excluding tert-OH is 1. The maximum Gasteiger partial charge on any atom is 0.346 e. The number of rotatable bonds is 2. The molecule has 0 radical (unpaired) electrons. The van der Waals surface area contributed by atoms with E-state index in [1.807, 2.05) is 50.2 Å². The normalized spacial score (nSPS) is 11.9. The third-order valence-corrected chi connectivity index (χ3v) is 6.57. The zero-order valence-corrected chi connectivity index (χ0v) is 18.8. The maximum absolute atomic E-state index is 13.5. The molecule has 0 amide bonds. The Labute approximate surface area is 192 Å². The Bertz CT molecular complexity index is 1860. The zero-order valence-electron chi connectivity index (χ0n) is 18.8. The van der Waals surface area contributed by atoms with Gasteiger partial charge in [0.05, 0.1) is 28.9 Å². The molecule has 0 aliphatic rings. The van der Waals surface area contributed by atoms with Gasteiger partial charge in [0, 0.05) is 27.9 Å². The van der Waals surface area contributed by atoms with E-state index < -0.39 is 5.63 Å². The molecular weight excluding hydrogens is 432 g/mol. The molecule has 7 nitrogen and oxygen atoms in total. The minimum Gasteiger partial charge on any atom is -0.505 e. The molecule has 168 valence electrons. The summed E-state index contributed by atoms with van der Waals surface area (Å²) in [5.74, 6) is -0.146. The van der Waals surface area contributed by atoms with Crippen LogP contribution in [0, 0.1) is 20.8 Å². The molecule has 6 rings (SSSR count). The van der Waals surface area contributed by atoms with Crippen molar-refractivity contribution < 1.29 is 19.0 Å². The number of aliphatic hydroxyl groups is 1. The van der Waals surface area contributed by atoms with Crippen LogP contribution in [-0.4, -0.2) is 20.2 Å². The van der Waals surface area contributed by atoms with Gasteiger partial charge >= 0.3 is 5.63 Å². The van der Waals surface area contributed by atoms with Crippen molar-refractivity contribution in [2.24, 2.45) is 0 Å². The van der Waals surface area contributed by atoms with Crippen LogP contribution >= 0.6 is 0 Å². The highest BCUT2D eigenvalue weighted by Gasteiger charge is 2.26. The van der Waals surface area contributed by atoms with E-state index in [4.69, 9.17) is 13.8 Å². The lowest BCUT2D eigenvalue weighted by Gasteiger charge is -2.14. The lowest BCUT2D eigenvalue weighted by atomic mass is 9.96. The van der Waals surface area contributed by atoms with Gasteiger partial charge in [-0.3, -0.25) is 4.98 Å². The molecule has 7 heteroatoms. The van der Waals surface area contributed by atoms with Gasteiger partial charge in [0.25, 0.3) is 0 Å². The minimum absolute atomic E-state index is 0.146. The highest BCUT2D eigenvalue weighted by atomic mass is 16.4. The molecule has 0 unspecified atom stereocenters. The van der Waals surface area contributed by atoms with Crippen molar-refractivity contribution in [3.05, 3.63) is 75.4 Å². The summed E-state index contributed by atoms with van der Waals surface area (Å²) in [6.45, 7) is 5.13. The summed E-state index contributed by atoms with van der Waals surface area (Å²) in [5, 5.41) is 23.2. The number of hydrogen-bond acceptors (Lipinski definition) is 7. The van der Waals surface area contributed by atoms with Gasteiger partial charge in [0.1, 0.15) is 22.4 Å². The first-order valence-electron chi connectivity index (χ1n) is 10.9. The first-order chi connectivity index (χ1) is 16.4. The summed E-state index contributed by atoms with van der Waals surface area (Å²) in [6.07, 6.45) is 1.48. The second-order valence-electron chi connectivity index (χ2n) is 8.51. The Morgan fingerprint density at radius 3 is 2.53 bits per heavy atom. The molecule has 2 N–H and O–H groups in total. The first kappa shape index (κ1) is 20.4. The van der Waals surface area contributed by atoms with E-state index in [2.05, 4.69) is 4.98 Å². The molecule has 0 saturated heterocycles. The van der Waals surface area contributed by atoms with Crippen LogP contribution in [-0.2, 0) is 6.61 Å². The standard InChI is InChI=1S/C27H20N2O5/c1-12-8-9-17-20-21(27(32)34-25(17)13(12)2)23(19-15(11-30)10-28-14(3)24(19)31)29-22-16-6-4-5-7-18(16)33-26(20)22/h4-10,30-31H,11H2,1-3H3. The summed E-state index contributed by atoms with van der Waals surface area (Å²) in [5.41, 5.74) is 4.57. The number of aryl methyl sites for hydroxylation is 3. The van der Waals surface area contributed by atoms with E-state index in [9.17, 15) is 15.0 Å². The molecule has 6 aromatic rings. The number of aromatic nitrogens is 2. The van der Waals surface area contributed by atoms with Gasteiger partial charge in [-0.05, 0) is 44.0 Å². The molecule has 0 atom stereocenters. The largest absolute Gasteiger partial charge is 0.505 e. The van der Waals surface area contributed by atoms with Crippen LogP contribution in [0.2, 0.25) is 0 Å². The fraction of sp³-hybridized carbons (Fsp3) is 0.148. The molecule has 0 spiro atoms. The average molecular weight is 452 g/mol. The maximum atomic E-state index is 13.5. The Kier molecular flexibility index (Phi) is 4.28. The molecule has 4 heterocycles. The second-order valence-corrected chi connectivity index (χ2v) is 8.51. The van der Waals surface area contributed by atoms with Gasteiger partial charge in [-0.15, -0.1) is 0 Å². The van der Waals surface area contributed by atoms with Crippen molar-refractivity contribution >= 4 is 43.8 Å². The van der Waals surface area contributed by atoms with Crippen molar-refractivity contribution in [2.75, 3.05) is 0 Å². The molecular formula is C27H20N2O5. The van der Waals surface area contributed by atoms with E-state index in [0.717, 1.165) is 16.5 Å². The van der Waals surface area contributed by atoms with Crippen molar-refractivity contribution in [1.82, 2.24) is 9.97 Å². The van der Waals surface area contributed by atoms with E-state index in [1.54, 1.807) is 6.92 Å². The summed E-state index contributed by atoms with van der Waals surface area (Å²) in [7, 11) is 0. The highest BCUT2D eigenvalue weighted by molar-refractivity contribution is 6.23. The Balaban J connectivity index is 1.96. The molecule has 0 aliphatic carbocycles. The number of nitrogens with zero attached hydrogens (tertiary/aromatic N) is 2. The molecule has 2 aromatic carbocycles. The number of benzene rings is 2. The summed E-state index contributed by atoms with van der Waals surface area (Å²) >= 11 is 0. The van der Waals surface area contributed by atoms with E-state index >= 15 is 0 Å². The zero-order chi connectivity index (χ0) is 23.7. The quantitative estimate of drug-likeness (QED) is 0.266. The number of hydrogen-bond donors (Lipinski definition) is 2. The summed E-state index contributed by atoms with van der Waals surface area (Å²) < 4.78 is 12.1. The number of aromatic hydroxyl groups is 1. The van der Waals surface area contributed by atoms with Gasteiger partial charge < -0.3 is 19.0 Å². The number of para-hydroxylation sites is 1. The van der Waals surface area contributed by atoms with Crippen LogP contribution in [0.1, 0.15) is 22.4 Å². The van der Waals surface area contributed by atoms with Gasteiger partial charge in [0.2, 0.25) is 0 Å². The number of pyridine rings is 2. The monoisotopic (exact) mass is 452 g/mol. The van der Waals surface area contributed by atoms with E-state index in [-0.39, 0.29) is 29.0 Å². The fourth-order valence-corrected chi connectivity index (χ4v) is 4.63. The van der Waals surface area contributed by atoms with Crippen LogP contribution in [0.15, 0.2) is 56.2 Å². The van der Waals surface area contributed by atoms with Gasteiger partial charge in [-0.25, -0.2) is 9.78 Å². The summed E-state index contributed by atoms with van der Waals surface area (Å²) in [4.78, 5) is 22.5. The van der Waals surface area contributed by atoms with Gasteiger partial charge in [0.15, 0.2) is 5.58 Å². The van der Waals surface area contributed by atoms with Crippen molar-refractivity contribution in [2.45, 2.75) is 27.4 Å². The smallest absolute Gasteiger partial charge is 0.346 e. The Hall–Kier alpha value is -4.23.